The van der Waals surface area contributed by atoms with E-state index in [-0.39, 0.29) is 35.9 Å². The minimum absolute atomic E-state index is 0.251. The molecule has 0 radical (unpaired) electrons. The van der Waals surface area contributed by atoms with Gasteiger partial charge in [0, 0.05) is 32.0 Å². The number of nitrogens with two attached hydrogens (primary N) is 1. The van der Waals surface area contributed by atoms with Crippen molar-refractivity contribution in [2.45, 2.75) is 25.3 Å². The van der Waals surface area contributed by atoms with Crippen molar-refractivity contribution in [2.75, 3.05) is 19.7 Å². The fourth-order valence-electron chi connectivity index (χ4n) is 3.20. The molecule has 3 rings (SSSR count). The normalized spacial score (nSPS) is 14.7. The molecule has 0 unspecified atom stereocenters. The van der Waals surface area contributed by atoms with E-state index in [2.05, 4.69) is 4.74 Å². The maximum atomic E-state index is 12.9. The van der Waals surface area contributed by atoms with E-state index < -0.39 is 12.3 Å². The van der Waals surface area contributed by atoms with Crippen molar-refractivity contribution in [1.29, 1.82) is 0 Å². The highest BCUT2D eigenvalue weighted by Gasteiger charge is 2.31. The average molecular weight is 438 g/mol. The largest absolute Gasteiger partial charge is 0.573 e. The second-order valence-electron chi connectivity index (χ2n) is 6.88. The van der Waals surface area contributed by atoms with Gasteiger partial charge in [-0.1, -0.05) is 18.2 Å². The molecule has 10 heteroatoms. The molecule has 0 spiro atoms. The lowest BCUT2D eigenvalue weighted by molar-refractivity contribution is -0.274. The smallest absolute Gasteiger partial charge is 0.490 e. The van der Waals surface area contributed by atoms with E-state index in [1.165, 1.54) is 18.2 Å². The lowest BCUT2D eigenvalue weighted by atomic mass is 10.1. The van der Waals surface area contributed by atoms with Crippen molar-refractivity contribution < 1.29 is 37.0 Å². The molecule has 2 amide bonds. The van der Waals surface area contributed by atoms with Gasteiger partial charge in [0.25, 0.3) is 11.8 Å². The second-order valence-corrected chi connectivity index (χ2v) is 6.88. The van der Waals surface area contributed by atoms with E-state index in [1.54, 1.807) is 35.2 Å². The molecule has 2 aromatic rings. The van der Waals surface area contributed by atoms with Crippen molar-refractivity contribution in [3.63, 3.8) is 0 Å². The van der Waals surface area contributed by atoms with Crippen LogP contribution in [0.25, 0.3) is 0 Å². The van der Waals surface area contributed by atoms with Crippen molar-refractivity contribution >= 4 is 11.8 Å². The number of carbonyl (C=O) groups is 2. The summed E-state index contributed by atoms with van der Waals surface area (Å²) in [6.07, 6.45) is -4.03. The number of likely N-dealkylation sites (tertiary alicyclic amines) is 1. The maximum absolute atomic E-state index is 12.9. The minimum atomic E-state index is -4.78. The van der Waals surface area contributed by atoms with Crippen LogP contribution in [0.3, 0.4) is 0 Å². The first-order chi connectivity index (χ1) is 14.7. The highest BCUT2D eigenvalue weighted by Crippen LogP contribution is 2.28. The van der Waals surface area contributed by atoms with Crippen LogP contribution in [0.4, 0.5) is 13.2 Å². The number of carbonyl (C=O) groups excluding carboxylic acids is 2. The van der Waals surface area contributed by atoms with Crippen molar-refractivity contribution in [2.24, 2.45) is 5.73 Å². The molecule has 7 nitrogen and oxygen atoms in total. The van der Waals surface area contributed by atoms with Gasteiger partial charge >= 0.3 is 6.36 Å². The molecule has 1 aliphatic heterocycles. The van der Waals surface area contributed by atoms with Crippen molar-refractivity contribution in [3.8, 4) is 17.2 Å². The van der Waals surface area contributed by atoms with E-state index in [1.807, 2.05) is 0 Å². The summed E-state index contributed by atoms with van der Waals surface area (Å²) in [4.78, 5) is 25.5. The lowest BCUT2D eigenvalue weighted by Gasteiger charge is -2.32. The second kappa shape index (κ2) is 9.59. The first-order valence-electron chi connectivity index (χ1n) is 9.53. The molecule has 2 aromatic carbocycles. The van der Waals surface area contributed by atoms with Crippen LogP contribution in [-0.4, -0.2) is 48.9 Å². The van der Waals surface area contributed by atoms with E-state index in [0.29, 0.717) is 31.5 Å². The summed E-state index contributed by atoms with van der Waals surface area (Å²) in [5, 5.41) is 0. The Labute approximate surface area is 176 Å². The highest BCUT2D eigenvalue weighted by molar-refractivity contribution is 5.97. The predicted octanol–water partition coefficient (Wildman–Crippen LogP) is 3.13. The topological polar surface area (TPSA) is 91.1 Å². The number of benzene rings is 2. The third-order valence-electron chi connectivity index (χ3n) is 4.56. The van der Waals surface area contributed by atoms with Crippen LogP contribution in [0.15, 0.2) is 48.5 Å². The summed E-state index contributed by atoms with van der Waals surface area (Å²) >= 11 is 0. The highest BCUT2D eigenvalue weighted by atomic mass is 19.4. The monoisotopic (exact) mass is 438 g/mol. The Balaban J connectivity index is 1.57. The van der Waals surface area contributed by atoms with Crippen LogP contribution in [-0.2, 0) is 4.79 Å². The van der Waals surface area contributed by atoms with Crippen LogP contribution < -0.4 is 19.9 Å². The van der Waals surface area contributed by atoms with E-state index in [0.717, 1.165) is 0 Å². The first-order valence-corrected chi connectivity index (χ1v) is 9.53. The van der Waals surface area contributed by atoms with Gasteiger partial charge < -0.3 is 24.8 Å². The SMILES string of the molecule is NC(=O)COc1ccccc1C(=O)N1CCC(Oc2cccc(OC(F)(F)F)c2)CC1. The molecule has 1 saturated heterocycles. The van der Waals surface area contributed by atoms with Crippen LogP contribution >= 0.6 is 0 Å². The number of para-hydroxylation sites is 1. The molecule has 1 fully saturated rings. The predicted molar refractivity (Wildman–Crippen MR) is 104 cm³/mol. The molecule has 0 aromatic heterocycles. The maximum Gasteiger partial charge on any atom is 0.573 e. The molecule has 1 heterocycles. The summed E-state index contributed by atoms with van der Waals surface area (Å²) < 4.78 is 52.1. The van der Waals surface area contributed by atoms with Crippen molar-refractivity contribution in [1.82, 2.24) is 4.90 Å². The molecule has 1 aliphatic rings. The van der Waals surface area contributed by atoms with Gasteiger partial charge in [-0.2, -0.15) is 0 Å². The van der Waals surface area contributed by atoms with E-state index in [9.17, 15) is 22.8 Å². The van der Waals surface area contributed by atoms with Crippen LogP contribution in [0.5, 0.6) is 17.2 Å². The zero-order valence-corrected chi connectivity index (χ0v) is 16.4. The summed E-state index contributed by atoms with van der Waals surface area (Å²) in [5.74, 6) is -0.725. The molecule has 2 N–H and O–H groups in total. The summed E-state index contributed by atoms with van der Waals surface area (Å²) in [5.41, 5.74) is 5.41. The van der Waals surface area contributed by atoms with E-state index >= 15 is 0 Å². The van der Waals surface area contributed by atoms with Gasteiger partial charge in [0.05, 0.1) is 5.56 Å². The molecule has 31 heavy (non-hydrogen) atoms. The van der Waals surface area contributed by atoms with Gasteiger partial charge in [-0.3, -0.25) is 9.59 Å². The molecule has 0 bridgehead atoms. The van der Waals surface area contributed by atoms with Gasteiger partial charge in [0.2, 0.25) is 0 Å². The zero-order valence-electron chi connectivity index (χ0n) is 16.4. The Hall–Kier alpha value is -3.43. The van der Waals surface area contributed by atoms with Crippen molar-refractivity contribution in [3.05, 3.63) is 54.1 Å². The van der Waals surface area contributed by atoms with Gasteiger partial charge in [-0.25, -0.2) is 0 Å². The number of nitrogens with zero attached hydrogens (tertiary/aromatic N) is 1. The third-order valence-corrected chi connectivity index (χ3v) is 4.56. The van der Waals surface area contributed by atoms with Gasteiger partial charge in [-0.05, 0) is 24.3 Å². The van der Waals surface area contributed by atoms with Gasteiger partial charge in [0.1, 0.15) is 23.4 Å². The number of halogens is 3. The fourth-order valence-corrected chi connectivity index (χ4v) is 3.20. The molecule has 0 saturated carbocycles. The van der Waals surface area contributed by atoms with Crippen LogP contribution in [0, 0.1) is 0 Å². The number of piperidine rings is 1. The number of rotatable bonds is 7. The molecular formula is C21H21F3N2O5. The number of hydrogen-bond acceptors (Lipinski definition) is 5. The Morgan fingerprint density at radius 3 is 2.39 bits per heavy atom. The Morgan fingerprint density at radius 1 is 1.03 bits per heavy atom. The molecule has 0 aliphatic carbocycles. The minimum Gasteiger partial charge on any atom is -0.490 e. The average Bonchev–Trinajstić information content (AvgIpc) is 2.71. The zero-order chi connectivity index (χ0) is 22.4. The lowest BCUT2D eigenvalue weighted by Crippen LogP contribution is -2.42. The molecule has 0 atom stereocenters. The van der Waals surface area contributed by atoms with Crippen LogP contribution in [0.1, 0.15) is 23.2 Å². The number of ether oxygens (including phenoxy) is 3. The molecule has 166 valence electrons. The Morgan fingerprint density at radius 2 is 1.71 bits per heavy atom. The summed E-state index contributed by atoms with van der Waals surface area (Å²) in [7, 11) is 0. The first kappa shape index (κ1) is 22.3. The fraction of sp³-hybridized carbons (Fsp3) is 0.333. The standard InChI is InChI=1S/C21H21F3N2O5/c22-21(23,24)31-16-5-3-4-15(12-16)30-14-8-10-26(11-9-14)20(28)17-6-1-2-7-18(17)29-13-19(25)27/h1-7,12,14H,8-11,13H2,(H2,25,27). The quantitative estimate of drug-likeness (QED) is 0.717. The van der Waals surface area contributed by atoms with Gasteiger partial charge in [-0.15, -0.1) is 13.2 Å². The van der Waals surface area contributed by atoms with E-state index in [4.69, 9.17) is 15.2 Å². The Kier molecular flexibility index (Phi) is 6.88. The summed E-state index contributed by atoms with van der Waals surface area (Å²) in [6.45, 7) is 0.454. The molecular weight excluding hydrogens is 417 g/mol. The summed E-state index contributed by atoms with van der Waals surface area (Å²) in [6, 6.07) is 11.9. The third kappa shape index (κ3) is 6.53. The number of alkyl halides is 3. The Bertz CT molecular complexity index is 927. The number of primary amides is 1. The van der Waals surface area contributed by atoms with Gasteiger partial charge in [0.15, 0.2) is 6.61 Å². The van der Waals surface area contributed by atoms with Crippen LogP contribution in [0.2, 0.25) is 0 Å². The number of hydrogen-bond donors (Lipinski definition) is 1. The number of amides is 2.